The second-order valence-corrected chi connectivity index (χ2v) is 4.85. The molecule has 2 rings (SSSR count). The van der Waals surface area contributed by atoms with Gasteiger partial charge in [0.15, 0.2) is 0 Å². The van der Waals surface area contributed by atoms with Crippen molar-refractivity contribution in [1.29, 1.82) is 0 Å². The number of likely N-dealkylation sites (N-methyl/N-ethyl adjacent to an activating group) is 1. The predicted octanol–water partition coefficient (Wildman–Crippen LogP) is 1.67. The van der Waals surface area contributed by atoms with Crippen LogP contribution in [0.15, 0.2) is 18.5 Å². The lowest BCUT2D eigenvalue weighted by atomic mass is 10.2. The SMILES string of the molecule is CC(CNc1cnccc1C(=O)O)N(C)C1CC1. The highest BCUT2D eigenvalue weighted by molar-refractivity contribution is 5.93. The smallest absolute Gasteiger partial charge is 0.337 e. The summed E-state index contributed by atoms with van der Waals surface area (Å²) in [5.74, 6) is -0.928. The van der Waals surface area contributed by atoms with Crippen molar-refractivity contribution in [2.45, 2.75) is 31.8 Å². The molecule has 1 aliphatic carbocycles. The predicted molar refractivity (Wildman–Crippen MR) is 69.9 cm³/mol. The summed E-state index contributed by atoms with van der Waals surface area (Å²) >= 11 is 0. The van der Waals surface area contributed by atoms with Crippen molar-refractivity contribution >= 4 is 11.7 Å². The van der Waals surface area contributed by atoms with Crippen LogP contribution in [0.25, 0.3) is 0 Å². The van der Waals surface area contributed by atoms with Crippen LogP contribution in [0, 0.1) is 0 Å². The van der Waals surface area contributed by atoms with Gasteiger partial charge < -0.3 is 10.4 Å². The van der Waals surface area contributed by atoms with Crippen LogP contribution in [-0.2, 0) is 0 Å². The molecule has 1 aromatic heterocycles. The van der Waals surface area contributed by atoms with Gasteiger partial charge in [-0.05, 0) is 32.9 Å². The van der Waals surface area contributed by atoms with Crippen LogP contribution in [0.4, 0.5) is 5.69 Å². The lowest BCUT2D eigenvalue weighted by Crippen LogP contribution is -2.36. The summed E-state index contributed by atoms with van der Waals surface area (Å²) in [5, 5.41) is 12.2. The molecule has 1 atom stereocenters. The number of hydrogen-bond donors (Lipinski definition) is 2. The van der Waals surface area contributed by atoms with Crippen LogP contribution in [0.5, 0.6) is 0 Å². The van der Waals surface area contributed by atoms with E-state index < -0.39 is 5.97 Å². The molecule has 2 N–H and O–H groups in total. The van der Waals surface area contributed by atoms with E-state index in [9.17, 15) is 4.79 Å². The number of pyridine rings is 1. The summed E-state index contributed by atoms with van der Waals surface area (Å²) in [5.41, 5.74) is 0.854. The number of anilines is 1. The molecule has 18 heavy (non-hydrogen) atoms. The molecule has 98 valence electrons. The van der Waals surface area contributed by atoms with E-state index in [0.717, 1.165) is 6.54 Å². The minimum Gasteiger partial charge on any atom is -0.478 e. The molecule has 5 heteroatoms. The van der Waals surface area contributed by atoms with Crippen LogP contribution in [-0.4, -0.2) is 46.6 Å². The van der Waals surface area contributed by atoms with Gasteiger partial charge in [0.25, 0.3) is 0 Å². The molecule has 1 saturated carbocycles. The summed E-state index contributed by atoms with van der Waals surface area (Å²) in [4.78, 5) is 17.3. The average Bonchev–Trinajstić information content (AvgIpc) is 3.19. The number of carboxylic acid groups (broad SMARTS) is 1. The normalized spacial score (nSPS) is 16.6. The second-order valence-electron chi connectivity index (χ2n) is 4.85. The topological polar surface area (TPSA) is 65.5 Å². The zero-order chi connectivity index (χ0) is 13.1. The molecule has 1 fully saturated rings. The van der Waals surface area contributed by atoms with Gasteiger partial charge in [0.05, 0.1) is 17.4 Å². The van der Waals surface area contributed by atoms with Gasteiger partial charge in [-0.3, -0.25) is 9.88 Å². The van der Waals surface area contributed by atoms with E-state index in [1.807, 2.05) is 0 Å². The summed E-state index contributed by atoms with van der Waals surface area (Å²) < 4.78 is 0. The molecule has 0 bridgehead atoms. The largest absolute Gasteiger partial charge is 0.478 e. The minimum absolute atomic E-state index is 0.270. The Hall–Kier alpha value is -1.62. The molecule has 0 amide bonds. The number of aromatic nitrogens is 1. The number of carbonyl (C=O) groups is 1. The Bertz CT molecular complexity index is 432. The molecule has 1 unspecified atom stereocenters. The van der Waals surface area contributed by atoms with Crippen molar-refractivity contribution in [3.8, 4) is 0 Å². The summed E-state index contributed by atoms with van der Waals surface area (Å²) in [6, 6.07) is 2.59. The Labute approximate surface area is 107 Å². The lowest BCUT2D eigenvalue weighted by molar-refractivity contribution is 0.0697. The van der Waals surface area contributed by atoms with Crippen LogP contribution < -0.4 is 5.32 Å². The van der Waals surface area contributed by atoms with Gasteiger partial charge in [-0.2, -0.15) is 0 Å². The first kappa shape index (κ1) is 12.8. The Morgan fingerprint density at radius 2 is 2.39 bits per heavy atom. The van der Waals surface area contributed by atoms with Crippen molar-refractivity contribution in [3.05, 3.63) is 24.0 Å². The Morgan fingerprint density at radius 3 is 3.00 bits per heavy atom. The van der Waals surface area contributed by atoms with Gasteiger partial charge in [0.1, 0.15) is 0 Å². The first-order valence-electron chi connectivity index (χ1n) is 6.22. The van der Waals surface area contributed by atoms with Gasteiger partial charge in [0.2, 0.25) is 0 Å². The maximum atomic E-state index is 11.0. The molecule has 1 aliphatic rings. The maximum absolute atomic E-state index is 11.0. The molecule has 0 aromatic carbocycles. The van der Waals surface area contributed by atoms with Crippen molar-refractivity contribution < 1.29 is 9.90 Å². The van der Waals surface area contributed by atoms with Crippen LogP contribution in [0.3, 0.4) is 0 Å². The zero-order valence-electron chi connectivity index (χ0n) is 10.8. The number of aromatic carboxylic acids is 1. The second kappa shape index (κ2) is 5.35. The number of rotatable bonds is 6. The summed E-state index contributed by atoms with van der Waals surface area (Å²) in [6.07, 6.45) is 5.60. The van der Waals surface area contributed by atoms with Crippen LogP contribution in [0.2, 0.25) is 0 Å². The molecule has 0 radical (unpaired) electrons. The molecule has 0 spiro atoms. The third-order valence-corrected chi connectivity index (χ3v) is 3.46. The van der Waals surface area contributed by atoms with E-state index >= 15 is 0 Å². The van der Waals surface area contributed by atoms with Gasteiger partial charge in [0, 0.05) is 24.8 Å². The lowest BCUT2D eigenvalue weighted by Gasteiger charge is -2.25. The van der Waals surface area contributed by atoms with E-state index in [-0.39, 0.29) is 5.56 Å². The minimum atomic E-state index is -0.928. The van der Waals surface area contributed by atoms with Crippen molar-refractivity contribution in [1.82, 2.24) is 9.88 Å². The van der Waals surface area contributed by atoms with Gasteiger partial charge in [-0.1, -0.05) is 0 Å². The number of hydrogen-bond acceptors (Lipinski definition) is 4. The highest BCUT2D eigenvalue weighted by Crippen LogP contribution is 2.27. The summed E-state index contributed by atoms with van der Waals surface area (Å²) in [7, 11) is 2.12. The standard InChI is InChI=1S/C13H19N3O2/c1-9(16(2)10-3-4-10)7-15-12-8-14-6-5-11(12)13(17)18/h5-6,8-10,15H,3-4,7H2,1-2H3,(H,17,18). The van der Waals surface area contributed by atoms with E-state index in [4.69, 9.17) is 5.11 Å². The molecule has 5 nitrogen and oxygen atoms in total. The Kier molecular flexibility index (Phi) is 3.81. The molecule has 0 aliphatic heterocycles. The van der Waals surface area contributed by atoms with E-state index in [2.05, 4.69) is 29.2 Å². The number of nitrogens with zero attached hydrogens (tertiary/aromatic N) is 2. The van der Waals surface area contributed by atoms with Gasteiger partial charge >= 0.3 is 5.97 Å². The van der Waals surface area contributed by atoms with Crippen molar-refractivity contribution in [3.63, 3.8) is 0 Å². The third kappa shape index (κ3) is 2.98. The van der Waals surface area contributed by atoms with E-state index in [1.54, 1.807) is 6.20 Å². The fraction of sp³-hybridized carbons (Fsp3) is 0.538. The van der Waals surface area contributed by atoms with Crippen LogP contribution >= 0.6 is 0 Å². The fourth-order valence-corrected chi connectivity index (χ4v) is 1.97. The first-order chi connectivity index (χ1) is 8.59. The first-order valence-corrected chi connectivity index (χ1v) is 6.22. The molecular formula is C13H19N3O2. The van der Waals surface area contributed by atoms with Crippen LogP contribution in [0.1, 0.15) is 30.1 Å². The third-order valence-electron chi connectivity index (χ3n) is 3.46. The highest BCUT2D eigenvalue weighted by atomic mass is 16.4. The summed E-state index contributed by atoms with van der Waals surface area (Å²) in [6.45, 7) is 2.86. The average molecular weight is 249 g/mol. The zero-order valence-corrected chi connectivity index (χ0v) is 10.8. The maximum Gasteiger partial charge on any atom is 0.337 e. The highest BCUT2D eigenvalue weighted by Gasteiger charge is 2.28. The van der Waals surface area contributed by atoms with E-state index in [1.165, 1.54) is 25.1 Å². The molecule has 1 aromatic rings. The monoisotopic (exact) mass is 249 g/mol. The Morgan fingerprint density at radius 1 is 1.67 bits per heavy atom. The van der Waals surface area contributed by atoms with Crippen molar-refractivity contribution in [2.24, 2.45) is 0 Å². The Balaban J connectivity index is 1.95. The number of carboxylic acids is 1. The fourth-order valence-electron chi connectivity index (χ4n) is 1.97. The molecule has 1 heterocycles. The van der Waals surface area contributed by atoms with Crippen molar-refractivity contribution in [2.75, 3.05) is 18.9 Å². The quantitative estimate of drug-likeness (QED) is 0.803. The van der Waals surface area contributed by atoms with Gasteiger partial charge in [-0.15, -0.1) is 0 Å². The van der Waals surface area contributed by atoms with E-state index in [0.29, 0.717) is 17.8 Å². The molecular weight excluding hydrogens is 230 g/mol. The van der Waals surface area contributed by atoms with Gasteiger partial charge in [-0.25, -0.2) is 4.79 Å². The number of nitrogens with one attached hydrogen (secondary N) is 1. The molecule has 0 saturated heterocycles.